The number of hydrogen-bond acceptors (Lipinski definition) is 7. The van der Waals surface area contributed by atoms with E-state index in [0.29, 0.717) is 32.1 Å². The minimum atomic E-state index is -1.10. The molecule has 0 saturated carbocycles. The second-order valence-electron chi connectivity index (χ2n) is 5.27. The zero-order valence-electron chi connectivity index (χ0n) is 14.7. The Morgan fingerprint density at radius 3 is 2.70 bits per heavy atom. The molecule has 1 aliphatic heterocycles. The molecular formula is C17H18INO7S. The van der Waals surface area contributed by atoms with Crippen LogP contribution >= 0.6 is 34.4 Å². The number of nitrogens with zero attached hydrogens (tertiary/aromatic N) is 1. The Bertz CT molecular complexity index is 781. The third-order valence-electron chi connectivity index (χ3n) is 3.36. The highest BCUT2D eigenvalue weighted by atomic mass is 127. The summed E-state index contributed by atoms with van der Waals surface area (Å²) in [5.41, 5.74) is 0.641. The van der Waals surface area contributed by atoms with E-state index in [1.165, 1.54) is 7.11 Å². The van der Waals surface area contributed by atoms with E-state index in [0.717, 1.165) is 16.7 Å². The molecule has 0 atom stereocenters. The highest BCUT2D eigenvalue weighted by Crippen LogP contribution is 2.37. The van der Waals surface area contributed by atoms with Gasteiger partial charge in [-0.25, -0.2) is 4.79 Å². The first-order chi connectivity index (χ1) is 12.9. The van der Waals surface area contributed by atoms with Crippen LogP contribution in [0.4, 0.5) is 4.79 Å². The zero-order chi connectivity index (χ0) is 20.0. The molecular weight excluding hydrogens is 489 g/mol. The van der Waals surface area contributed by atoms with Crippen LogP contribution in [0.25, 0.3) is 6.08 Å². The molecule has 1 saturated heterocycles. The van der Waals surface area contributed by atoms with Gasteiger partial charge in [0.2, 0.25) is 0 Å². The average Bonchev–Trinajstić information content (AvgIpc) is 2.86. The zero-order valence-corrected chi connectivity index (χ0v) is 17.7. The molecule has 0 aromatic heterocycles. The van der Waals surface area contributed by atoms with Crippen LogP contribution in [0.2, 0.25) is 0 Å². The van der Waals surface area contributed by atoms with Crippen LogP contribution in [0.3, 0.4) is 0 Å². The van der Waals surface area contributed by atoms with Crippen LogP contribution in [-0.2, 0) is 14.3 Å². The first-order valence-electron chi connectivity index (χ1n) is 7.92. The number of carboxylic acids is 1. The lowest BCUT2D eigenvalue weighted by Crippen LogP contribution is -2.31. The topological polar surface area (TPSA) is 102 Å². The van der Waals surface area contributed by atoms with Crippen LogP contribution in [0.1, 0.15) is 12.5 Å². The summed E-state index contributed by atoms with van der Waals surface area (Å²) in [6.45, 7) is 2.13. The number of imide groups is 1. The number of hydrogen-bond donors (Lipinski definition) is 1. The van der Waals surface area contributed by atoms with E-state index < -0.39 is 12.6 Å². The number of carbonyl (C=O) groups is 3. The largest absolute Gasteiger partial charge is 0.490 e. The number of carboxylic acid groups (broad SMARTS) is 1. The van der Waals surface area contributed by atoms with Gasteiger partial charge in [0.1, 0.15) is 0 Å². The average molecular weight is 507 g/mol. The molecule has 0 aliphatic carbocycles. The van der Waals surface area contributed by atoms with Gasteiger partial charge >= 0.3 is 5.97 Å². The van der Waals surface area contributed by atoms with E-state index in [4.69, 9.17) is 19.3 Å². The van der Waals surface area contributed by atoms with Crippen LogP contribution in [0.15, 0.2) is 17.0 Å². The molecule has 27 heavy (non-hydrogen) atoms. The highest BCUT2D eigenvalue weighted by Gasteiger charge is 2.34. The number of benzene rings is 1. The molecule has 0 spiro atoms. The summed E-state index contributed by atoms with van der Waals surface area (Å²) in [5.74, 6) is -0.774. The summed E-state index contributed by atoms with van der Waals surface area (Å²) in [4.78, 5) is 36.6. The summed E-state index contributed by atoms with van der Waals surface area (Å²) >= 11 is 2.86. The Morgan fingerprint density at radius 2 is 2.07 bits per heavy atom. The number of carbonyl (C=O) groups excluding carboxylic acids is 2. The molecule has 8 nitrogen and oxygen atoms in total. The SMILES string of the molecule is CCOc1cc(/C=C2/SC(=O)N(CCOC)C2=O)cc(I)c1OCC(=O)O. The second-order valence-corrected chi connectivity index (χ2v) is 7.43. The van der Waals surface area contributed by atoms with Crippen molar-refractivity contribution in [3.05, 3.63) is 26.2 Å². The number of rotatable bonds is 9. The molecule has 1 fully saturated rings. The van der Waals surface area contributed by atoms with Crippen molar-refractivity contribution in [3.63, 3.8) is 0 Å². The Hall–Kier alpha value is -1.79. The fraction of sp³-hybridized carbons (Fsp3) is 0.353. The first kappa shape index (κ1) is 21.5. The molecule has 0 radical (unpaired) electrons. The van der Waals surface area contributed by atoms with Gasteiger partial charge in [0.25, 0.3) is 11.1 Å². The van der Waals surface area contributed by atoms with Crippen molar-refractivity contribution in [1.82, 2.24) is 4.90 Å². The van der Waals surface area contributed by atoms with E-state index in [1.807, 2.05) is 22.6 Å². The number of methoxy groups -OCH3 is 1. The van der Waals surface area contributed by atoms with Gasteiger partial charge in [-0.1, -0.05) is 0 Å². The smallest absolute Gasteiger partial charge is 0.341 e. The standard InChI is InChI=1S/C17H18INO7S/c1-3-25-12-7-10(6-11(18)15(12)26-9-14(20)21)8-13-16(22)19(4-5-24-2)17(23)27-13/h6-8H,3-5,9H2,1-2H3,(H,20,21)/b13-8+. The van der Waals surface area contributed by atoms with Gasteiger partial charge in [-0.2, -0.15) is 0 Å². The molecule has 10 heteroatoms. The highest BCUT2D eigenvalue weighted by molar-refractivity contribution is 14.1. The van der Waals surface area contributed by atoms with Crippen molar-refractivity contribution < 1.29 is 33.7 Å². The molecule has 1 N–H and O–H groups in total. The molecule has 1 aliphatic rings. The second kappa shape index (κ2) is 9.95. The lowest BCUT2D eigenvalue weighted by Gasteiger charge is -2.14. The van der Waals surface area contributed by atoms with Gasteiger partial charge in [-0.05, 0) is 65.0 Å². The maximum absolute atomic E-state index is 12.4. The molecule has 2 amide bonds. The summed E-state index contributed by atoms with van der Waals surface area (Å²) in [7, 11) is 1.50. The van der Waals surface area contributed by atoms with E-state index in [9.17, 15) is 14.4 Å². The lowest BCUT2D eigenvalue weighted by atomic mass is 10.2. The lowest BCUT2D eigenvalue weighted by molar-refractivity contribution is -0.139. The van der Waals surface area contributed by atoms with Crippen LogP contribution in [-0.4, -0.2) is 60.6 Å². The maximum Gasteiger partial charge on any atom is 0.341 e. The predicted molar refractivity (Wildman–Crippen MR) is 108 cm³/mol. The summed E-state index contributed by atoms with van der Waals surface area (Å²) < 4.78 is 16.4. The normalized spacial score (nSPS) is 15.5. The Balaban J connectivity index is 2.30. The Labute approximate surface area is 174 Å². The Morgan fingerprint density at radius 1 is 1.33 bits per heavy atom. The number of halogens is 1. The maximum atomic E-state index is 12.4. The van der Waals surface area contributed by atoms with Gasteiger partial charge in [-0.3, -0.25) is 14.5 Å². The monoisotopic (exact) mass is 507 g/mol. The molecule has 146 valence electrons. The third kappa shape index (κ3) is 5.59. The first-order valence-corrected chi connectivity index (χ1v) is 9.82. The quantitative estimate of drug-likeness (QED) is 0.402. The fourth-order valence-corrected chi connectivity index (χ4v) is 3.88. The fourth-order valence-electron chi connectivity index (χ4n) is 2.23. The molecule has 0 unspecified atom stereocenters. The van der Waals surface area contributed by atoms with Crippen molar-refractivity contribution in [3.8, 4) is 11.5 Å². The van der Waals surface area contributed by atoms with Crippen molar-refractivity contribution >= 4 is 57.5 Å². The van der Waals surface area contributed by atoms with Crippen LogP contribution in [0, 0.1) is 3.57 Å². The molecule has 1 aromatic carbocycles. The van der Waals surface area contributed by atoms with Crippen LogP contribution < -0.4 is 9.47 Å². The van der Waals surface area contributed by atoms with E-state index >= 15 is 0 Å². The van der Waals surface area contributed by atoms with E-state index in [-0.39, 0.29) is 24.3 Å². The molecule has 1 heterocycles. The third-order valence-corrected chi connectivity index (χ3v) is 5.07. The van der Waals surface area contributed by atoms with Gasteiger partial charge in [0, 0.05) is 7.11 Å². The van der Waals surface area contributed by atoms with Crippen molar-refractivity contribution in [1.29, 1.82) is 0 Å². The Kier molecular flexibility index (Phi) is 7.92. The van der Waals surface area contributed by atoms with Crippen molar-refractivity contribution in [2.75, 3.05) is 33.5 Å². The summed E-state index contributed by atoms with van der Waals surface area (Å²) in [6, 6.07) is 3.37. The molecule has 1 aromatic rings. The summed E-state index contributed by atoms with van der Waals surface area (Å²) in [5, 5.41) is 8.46. The molecule has 2 rings (SSSR count). The molecule has 0 bridgehead atoms. The van der Waals surface area contributed by atoms with Gasteiger partial charge in [0.05, 0.1) is 28.2 Å². The number of aliphatic carboxylic acids is 1. The van der Waals surface area contributed by atoms with Crippen LogP contribution in [0.5, 0.6) is 11.5 Å². The minimum Gasteiger partial charge on any atom is -0.490 e. The van der Waals surface area contributed by atoms with Gasteiger partial charge in [0.15, 0.2) is 18.1 Å². The van der Waals surface area contributed by atoms with Gasteiger partial charge < -0.3 is 19.3 Å². The minimum absolute atomic E-state index is 0.197. The number of thioether (sulfide) groups is 1. The van der Waals surface area contributed by atoms with Crippen molar-refractivity contribution in [2.45, 2.75) is 6.92 Å². The van der Waals surface area contributed by atoms with E-state index in [1.54, 1.807) is 25.1 Å². The van der Waals surface area contributed by atoms with Gasteiger partial charge in [-0.15, -0.1) is 0 Å². The summed E-state index contributed by atoms with van der Waals surface area (Å²) in [6.07, 6.45) is 1.60. The van der Waals surface area contributed by atoms with E-state index in [2.05, 4.69) is 0 Å². The van der Waals surface area contributed by atoms with Crippen molar-refractivity contribution in [2.24, 2.45) is 0 Å². The number of ether oxygens (including phenoxy) is 3. The predicted octanol–water partition coefficient (Wildman–Crippen LogP) is 2.84. The number of amides is 2.